The van der Waals surface area contributed by atoms with Crippen LogP contribution in [-0.4, -0.2) is 14.9 Å². The number of hydrogen-bond donors (Lipinski definition) is 0. The third kappa shape index (κ3) is 2.09. The molecular weight excluding hydrogens is 254 g/mol. The first-order chi connectivity index (χ1) is 9.65. The SMILES string of the molecule is Cc1ccc(-c2nc([N+](=O)[O-])c3ccccc3n2)cc1. The Kier molecular flexibility index (Phi) is 2.87. The Morgan fingerprint density at radius 2 is 1.70 bits per heavy atom. The minimum absolute atomic E-state index is 0.161. The smallest absolute Gasteiger partial charge is 0.358 e. The van der Waals surface area contributed by atoms with Gasteiger partial charge < -0.3 is 10.1 Å². The highest BCUT2D eigenvalue weighted by molar-refractivity contribution is 5.87. The van der Waals surface area contributed by atoms with Gasteiger partial charge in [0.15, 0.2) is 0 Å². The van der Waals surface area contributed by atoms with Crippen LogP contribution < -0.4 is 0 Å². The molecule has 3 rings (SSSR count). The lowest BCUT2D eigenvalue weighted by molar-refractivity contribution is -0.387. The summed E-state index contributed by atoms with van der Waals surface area (Å²) < 4.78 is 0. The number of fused-ring (bicyclic) bond motifs is 1. The van der Waals surface area contributed by atoms with Gasteiger partial charge in [0, 0.05) is 5.56 Å². The highest BCUT2D eigenvalue weighted by Gasteiger charge is 2.18. The summed E-state index contributed by atoms with van der Waals surface area (Å²) in [6.45, 7) is 1.98. The van der Waals surface area contributed by atoms with E-state index in [0.29, 0.717) is 16.7 Å². The van der Waals surface area contributed by atoms with E-state index in [1.807, 2.05) is 31.2 Å². The minimum Gasteiger partial charge on any atom is -0.358 e. The number of aromatic nitrogens is 2. The molecule has 0 amide bonds. The molecule has 0 unspecified atom stereocenters. The van der Waals surface area contributed by atoms with Crippen molar-refractivity contribution in [1.29, 1.82) is 0 Å². The second-order valence-corrected chi connectivity index (χ2v) is 4.51. The van der Waals surface area contributed by atoms with Crippen LogP contribution in [0.3, 0.4) is 0 Å². The Labute approximate surface area is 115 Å². The van der Waals surface area contributed by atoms with Crippen LogP contribution in [0.5, 0.6) is 0 Å². The highest BCUT2D eigenvalue weighted by atomic mass is 16.6. The molecule has 0 saturated heterocycles. The van der Waals surface area contributed by atoms with Gasteiger partial charge in [-0.25, -0.2) is 4.98 Å². The maximum atomic E-state index is 11.2. The molecule has 5 heteroatoms. The van der Waals surface area contributed by atoms with E-state index in [0.717, 1.165) is 11.1 Å². The maximum absolute atomic E-state index is 11.2. The lowest BCUT2D eigenvalue weighted by atomic mass is 10.1. The second-order valence-electron chi connectivity index (χ2n) is 4.51. The van der Waals surface area contributed by atoms with E-state index in [1.165, 1.54) is 0 Å². The topological polar surface area (TPSA) is 68.9 Å². The molecule has 0 bridgehead atoms. The van der Waals surface area contributed by atoms with Crippen molar-refractivity contribution >= 4 is 16.7 Å². The molecule has 0 saturated carbocycles. The van der Waals surface area contributed by atoms with Crippen molar-refractivity contribution in [2.24, 2.45) is 0 Å². The Hall–Kier alpha value is -2.82. The van der Waals surface area contributed by atoms with Crippen molar-refractivity contribution in [3.63, 3.8) is 0 Å². The summed E-state index contributed by atoms with van der Waals surface area (Å²) in [5, 5.41) is 11.6. The van der Waals surface area contributed by atoms with E-state index >= 15 is 0 Å². The molecule has 0 aliphatic carbocycles. The van der Waals surface area contributed by atoms with Crippen molar-refractivity contribution in [2.45, 2.75) is 6.92 Å². The van der Waals surface area contributed by atoms with Crippen LogP contribution >= 0.6 is 0 Å². The fourth-order valence-electron chi connectivity index (χ4n) is 2.03. The summed E-state index contributed by atoms with van der Waals surface area (Å²) in [4.78, 5) is 19.2. The zero-order chi connectivity index (χ0) is 14.1. The van der Waals surface area contributed by atoms with Crippen molar-refractivity contribution in [1.82, 2.24) is 9.97 Å². The number of para-hydroxylation sites is 1. The van der Waals surface area contributed by atoms with Crippen molar-refractivity contribution in [3.8, 4) is 11.4 Å². The Morgan fingerprint density at radius 1 is 1.00 bits per heavy atom. The van der Waals surface area contributed by atoms with Gasteiger partial charge in [0.2, 0.25) is 0 Å². The van der Waals surface area contributed by atoms with Crippen LogP contribution in [0, 0.1) is 17.0 Å². The van der Waals surface area contributed by atoms with E-state index in [1.54, 1.807) is 24.3 Å². The van der Waals surface area contributed by atoms with Gasteiger partial charge in [-0.05, 0) is 41.1 Å². The Bertz CT molecular complexity index is 798. The van der Waals surface area contributed by atoms with Crippen LogP contribution in [0.1, 0.15) is 5.56 Å². The van der Waals surface area contributed by atoms with Crippen LogP contribution in [0.15, 0.2) is 48.5 Å². The lowest BCUT2D eigenvalue weighted by Crippen LogP contribution is -1.98. The number of hydrogen-bond acceptors (Lipinski definition) is 4. The number of benzene rings is 2. The third-order valence-electron chi connectivity index (χ3n) is 3.07. The first-order valence-corrected chi connectivity index (χ1v) is 6.13. The summed E-state index contributed by atoms with van der Waals surface area (Å²) in [5.74, 6) is 0.210. The summed E-state index contributed by atoms with van der Waals surface area (Å²) in [5.41, 5.74) is 2.46. The van der Waals surface area contributed by atoms with E-state index < -0.39 is 4.92 Å². The fraction of sp³-hybridized carbons (Fsp3) is 0.0667. The second kappa shape index (κ2) is 4.70. The van der Waals surface area contributed by atoms with Crippen molar-refractivity contribution < 1.29 is 4.92 Å². The van der Waals surface area contributed by atoms with Gasteiger partial charge in [0.1, 0.15) is 0 Å². The molecule has 1 heterocycles. The number of aryl methyl sites for hydroxylation is 1. The zero-order valence-corrected chi connectivity index (χ0v) is 10.8. The van der Waals surface area contributed by atoms with Crippen LogP contribution in [0.4, 0.5) is 5.82 Å². The van der Waals surface area contributed by atoms with Crippen LogP contribution in [0.25, 0.3) is 22.3 Å². The molecule has 0 atom stereocenters. The molecule has 0 radical (unpaired) electrons. The monoisotopic (exact) mass is 265 g/mol. The summed E-state index contributed by atoms with van der Waals surface area (Å²) in [6, 6.07) is 14.5. The van der Waals surface area contributed by atoms with Gasteiger partial charge in [0.25, 0.3) is 5.82 Å². The largest absolute Gasteiger partial charge is 0.375 e. The first kappa shape index (κ1) is 12.2. The van der Waals surface area contributed by atoms with Crippen molar-refractivity contribution in [3.05, 3.63) is 64.2 Å². The van der Waals surface area contributed by atoms with E-state index in [4.69, 9.17) is 0 Å². The maximum Gasteiger partial charge on any atom is 0.375 e. The minimum atomic E-state index is -0.471. The van der Waals surface area contributed by atoms with Gasteiger partial charge in [-0.1, -0.05) is 29.8 Å². The molecule has 5 nitrogen and oxygen atoms in total. The average molecular weight is 265 g/mol. The number of rotatable bonds is 2. The summed E-state index contributed by atoms with van der Waals surface area (Å²) >= 11 is 0. The van der Waals surface area contributed by atoms with E-state index in [-0.39, 0.29) is 5.82 Å². The van der Waals surface area contributed by atoms with Gasteiger partial charge >= 0.3 is 5.82 Å². The summed E-state index contributed by atoms with van der Waals surface area (Å²) in [6.07, 6.45) is 0. The number of nitro groups is 1. The normalized spacial score (nSPS) is 10.7. The van der Waals surface area contributed by atoms with Gasteiger partial charge in [0.05, 0.1) is 10.9 Å². The molecule has 0 aliphatic heterocycles. The van der Waals surface area contributed by atoms with Crippen LogP contribution in [0.2, 0.25) is 0 Å². The summed E-state index contributed by atoms with van der Waals surface area (Å²) in [7, 11) is 0. The van der Waals surface area contributed by atoms with E-state index in [9.17, 15) is 10.1 Å². The fourth-order valence-corrected chi connectivity index (χ4v) is 2.03. The molecule has 1 aromatic heterocycles. The molecule has 3 aromatic rings. The van der Waals surface area contributed by atoms with Crippen LogP contribution in [-0.2, 0) is 0 Å². The predicted molar refractivity (Wildman–Crippen MR) is 76.4 cm³/mol. The van der Waals surface area contributed by atoms with Gasteiger partial charge in [-0.2, -0.15) is 0 Å². The third-order valence-corrected chi connectivity index (χ3v) is 3.07. The lowest BCUT2D eigenvalue weighted by Gasteiger charge is -2.02. The van der Waals surface area contributed by atoms with E-state index in [2.05, 4.69) is 9.97 Å². The molecule has 20 heavy (non-hydrogen) atoms. The molecule has 2 aromatic carbocycles. The molecule has 0 aliphatic rings. The zero-order valence-electron chi connectivity index (χ0n) is 10.8. The van der Waals surface area contributed by atoms with Crippen molar-refractivity contribution in [2.75, 3.05) is 0 Å². The number of nitrogens with zero attached hydrogens (tertiary/aromatic N) is 3. The molecule has 98 valence electrons. The molecular formula is C15H11N3O2. The van der Waals surface area contributed by atoms with Gasteiger partial charge in [-0.15, -0.1) is 0 Å². The standard InChI is InChI=1S/C15H11N3O2/c1-10-6-8-11(9-7-10)14-16-13-5-3-2-4-12(13)15(17-14)18(19)20/h2-9H,1H3. The highest BCUT2D eigenvalue weighted by Crippen LogP contribution is 2.26. The van der Waals surface area contributed by atoms with Gasteiger partial charge in [-0.3, -0.25) is 0 Å². The quantitative estimate of drug-likeness (QED) is 0.525. The molecule has 0 N–H and O–H groups in total. The predicted octanol–water partition coefficient (Wildman–Crippen LogP) is 3.51. The Morgan fingerprint density at radius 3 is 2.40 bits per heavy atom. The average Bonchev–Trinajstić information content (AvgIpc) is 2.46. The Balaban J connectivity index is 2.27. The molecule has 0 fully saturated rings. The first-order valence-electron chi connectivity index (χ1n) is 6.13. The molecule has 0 spiro atoms.